The number of hydrogen-bond donors (Lipinski definition) is 1. The molecule has 0 aliphatic heterocycles. The van der Waals surface area contributed by atoms with Crippen molar-refractivity contribution in [2.75, 3.05) is 6.54 Å². The molecule has 1 aliphatic carbocycles. The summed E-state index contributed by atoms with van der Waals surface area (Å²) in [6.07, 6.45) is 6.00. The van der Waals surface area contributed by atoms with E-state index in [-0.39, 0.29) is 4.90 Å². The molecule has 5 nitrogen and oxygen atoms in total. The monoisotopic (exact) mass is 339 g/mol. The fourth-order valence-electron chi connectivity index (χ4n) is 2.47. The molecule has 1 heterocycles. The first-order valence-electron chi connectivity index (χ1n) is 7.25. The first-order valence-corrected chi connectivity index (χ1v) is 9.11. The number of rotatable bonds is 6. The molecule has 1 aliphatic rings. The van der Waals surface area contributed by atoms with Crippen LogP contribution in [0.1, 0.15) is 30.1 Å². The molecule has 1 saturated carbocycles. The van der Waals surface area contributed by atoms with Gasteiger partial charge in [0.05, 0.1) is 4.90 Å². The highest BCUT2D eigenvalue weighted by molar-refractivity contribution is 7.89. The second-order valence-corrected chi connectivity index (χ2v) is 7.66. The lowest BCUT2D eigenvalue weighted by Gasteiger charge is -2.11. The summed E-state index contributed by atoms with van der Waals surface area (Å²) in [6, 6.07) is 4.89. The molecule has 0 unspecified atom stereocenters. The van der Waals surface area contributed by atoms with E-state index < -0.39 is 10.0 Å². The van der Waals surface area contributed by atoms with Gasteiger partial charge in [-0.2, -0.15) is 0 Å². The van der Waals surface area contributed by atoms with E-state index in [0.717, 1.165) is 5.82 Å². The smallest absolute Gasteiger partial charge is 0.240 e. The third-order valence-corrected chi connectivity index (χ3v) is 5.86. The molecule has 2 aromatic rings. The molecule has 0 atom stereocenters. The molecule has 0 saturated heterocycles. The molecule has 1 aromatic carbocycles. The van der Waals surface area contributed by atoms with Crippen molar-refractivity contribution < 1.29 is 8.42 Å². The molecule has 1 fully saturated rings. The molecule has 0 amide bonds. The van der Waals surface area contributed by atoms with E-state index in [2.05, 4.69) is 9.71 Å². The molecule has 7 heteroatoms. The van der Waals surface area contributed by atoms with Crippen molar-refractivity contribution in [2.24, 2.45) is 0 Å². The van der Waals surface area contributed by atoms with Gasteiger partial charge in [0.25, 0.3) is 0 Å². The summed E-state index contributed by atoms with van der Waals surface area (Å²) in [5.74, 6) is 1.60. The van der Waals surface area contributed by atoms with E-state index in [1.165, 1.54) is 12.8 Å². The van der Waals surface area contributed by atoms with Crippen LogP contribution in [0.15, 0.2) is 35.5 Å². The van der Waals surface area contributed by atoms with Crippen LogP contribution in [0.25, 0.3) is 0 Å². The largest absolute Gasteiger partial charge is 0.333 e. The predicted molar refractivity (Wildman–Crippen MR) is 85.6 cm³/mol. The zero-order valence-corrected chi connectivity index (χ0v) is 13.9. The molecule has 1 aromatic heterocycles. The summed E-state index contributed by atoms with van der Waals surface area (Å²) in [5, 5.41) is 0.452. The zero-order chi connectivity index (χ0) is 15.7. The van der Waals surface area contributed by atoms with Crippen LogP contribution in [0, 0.1) is 6.92 Å². The molecular weight excluding hydrogens is 322 g/mol. The Bertz CT molecular complexity index is 782. The van der Waals surface area contributed by atoms with Gasteiger partial charge in [-0.25, -0.2) is 18.1 Å². The average Bonchev–Trinajstić information content (AvgIpc) is 3.21. The molecular formula is C15H18ClN3O2S. The number of halogens is 1. The Balaban J connectivity index is 1.67. The van der Waals surface area contributed by atoms with Crippen molar-refractivity contribution in [3.63, 3.8) is 0 Å². The Morgan fingerprint density at radius 2 is 2.18 bits per heavy atom. The quantitative estimate of drug-likeness (QED) is 0.880. The summed E-state index contributed by atoms with van der Waals surface area (Å²) >= 11 is 5.99. The molecule has 22 heavy (non-hydrogen) atoms. The lowest BCUT2D eigenvalue weighted by atomic mass is 10.2. The Hall–Kier alpha value is -1.37. The Morgan fingerprint density at radius 1 is 1.41 bits per heavy atom. The van der Waals surface area contributed by atoms with Crippen LogP contribution in [0.4, 0.5) is 0 Å². The normalized spacial score (nSPS) is 15.2. The lowest BCUT2D eigenvalue weighted by Crippen LogP contribution is -2.28. The highest BCUT2D eigenvalue weighted by Gasteiger charge is 2.27. The molecule has 0 bridgehead atoms. The topological polar surface area (TPSA) is 64.0 Å². The van der Waals surface area contributed by atoms with E-state index in [4.69, 9.17) is 11.6 Å². The fourth-order valence-corrected chi connectivity index (χ4v) is 3.99. The van der Waals surface area contributed by atoms with E-state index >= 15 is 0 Å². The van der Waals surface area contributed by atoms with E-state index in [0.29, 0.717) is 29.6 Å². The average molecular weight is 340 g/mol. The van der Waals surface area contributed by atoms with Gasteiger partial charge >= 0.3 is 0 Å². The van der Waals surface area contributed by atoms with E-state index in [9.17, 15) is 8.42 Å². The Kier molecular flexibility index (Phi) is 4.25. The summed E-state index contributed by atoms with van der Waals surface area (Å²) in [6.45, 7) is 2.60. The second-order valence-electron chi connectivity index (χ2n) is 5.51. The molecule has 3 rings (SSSR count). The lowest BCUT2D eigenvalue weighted by molar-refractivity contribution is 0.568. The number of imidazole rings is 1. The first-order chi connectivity index (χ1) is 10.5. The number of sulfonamides is 1. The van der Waals surface area contributed by atoms with Crippen molar-refractivity contribution in [1.29, 1.82) is 0 Å². The van der Waals surface area contributed by atoms with Crippen molar-refractivity contribution in [1.82, 2.24) is 14.3 Å². The first kappa shape index (κ1) is 15.5. The van der Waals surface area contributed by atoms with Crippen LogP contribution in [-0.2, 0) is 16.6 Å². The third kappa shape index (κ3) is 3.19. The number of hydrogen-bond acceptors (Lipinski definition) is 3. The van der Waals surface area contributed by atoms with E-state index in [1.807, 2.05) is 10.8 Å². The fraction of sp³-hybridized carbons (Fsp3) is 0.400. The van der Waals surface area contributed by atoms with Crippen LogP contribution < -0.4 is 4.72 Å². The van der Waals surface area contributed by atoms with Gasteiger partial charge < -0.3 is 4.57 Å². The van der Waals surface area contributed by atoms with Crippen molar-refractivity contribution >= 4 is 21.6 Å². The van der Waals surface area contributed by atoms with E-state index in [1.54, 1.807) is 31.3 Å². The number of nitrogens with zero attached hydrogens (tertiary/aromatic N) is 2. The van der Waals surface area contributed by atoms with Crippen LogP contribution in [0.2, 0.25) is 5.02 Å². The van der Waals surface area contributed by atoms with Gasteiger partial charge in [-0.1, -0.05) is 17.7 Å². The maximum Gasteiger partial charge on any atom is 0.240 e. The van der Waals surface area contributed by atoms with Crippen LogP contribution in [-0.4, -0.2) is 24.5 Å². The van der Waals surface area contributed by atoms with Gasteiger partial charge in [-0.3, -0.25) is 0 Å². The van der Waals surface area contributed by atoms with Crippen molar-refractivity contribution in [3.05, 3.63) is 47.0 Å². The zero-order valence-electron chi connectivity index (χ0n) is 12.3. The SMILES string of the molecule is Cc1c(Cl)cccc1S(=O)(=O)NCCn1ccnc1C1CC1. The van der Waals surface area contributed by atoms with Crippen LogP contribution in [0.5, 0.6) is 0 Å². The predicted octanol–water partition coefficient (Wildman–Crippen LogP) is 2.70. The van der Waals surface area contributed by atoms with Crippen molar-refractivity contribution in [2.45, 2.75) is 37.1 Å². The number of aromatic nitrogens is 2. The number of nitrogens with one attached hydrogen (secondary N) is 1. The van der Waals surface area contributed by atoms with Crippen LogP contribution in [0.3, 0.4) is 0 Å². The molecule has 0 radical (unpaired) electrons. The third-order valence-electron chi connectivity index (χ3n) is 3.84. The minimum atomic E-state index is -3.55. The molecule has 1 N–H and O–H groups in total. The maximum absolute atomic E-state index is 12.4. The summed E-state index contributed by atoms with van der Waals surface area (Å²) in [4.78, 5) is 4.58. The molecule has 0 spiro atoms. The highest BCUT2D eigenvalue weighted by Crippen LogP contribution is 2.38. The van der Waals surface area contributed by atoms with Gasteiger partial charge in [-0.15, -0.1) is 0 Å². The highest BCUT2D eigenvalue weighted by atomic mass is 35.5. The van der Waals surface area contributed by atoms with Gasteiger partial charge in [0.2, 0.25) is 10.0 Å². The minimum Gasteiger partial charge on any atom is -0.333 e. The van der Waals surface area contributed by atoms with Gasteiger partial charge in [-0.05, 0) is 37.5 Å². The van der Waals surface area contributed by atoms with Crippen molar-refractivity contribution in [3.8, 4) is 0 Å². The minimum absolute atomic E-state index is 0.230. The Morgan fingerprint density at radius 3 is 2.91 bits per heavy atom. The summed E-state index contributed by atoms with van der Waals surface area (Å²) in [5.41, 5.74) is 0.568. The summed E-state index contributed by atoms with van der Waals surface area (Å²) in [7, 11) is -3.55. The van der Waals surface area contributed by atoms with Gasteiger partial charge in [0.15, 0.2) is 0 Å². The standard InChI is InChI=1S/C15H18ClN3O2S/c1-11-13(16)3-2-4-14(11)22(20,21)18-8-10-19-9-7-17-15(19)12-5-6-12/h2-4,7,9,12,18H,5-6,8,10H2,1H3. The second kappa shape index (κ2) is 6.02. The number of benzene rings is 1. The Labute approximate surface area is 135 Å². The maximum atomic E-state index is 12.4. The van der Waals surface area contributed by atoms with Gasteiger partial charge in [0, 0.05) is 36.4 Å². The summed E-state index contributed by atoms with van der Waals surface area (Å²) < 4.78 is 29.4. The van der Waals surface area contributed by atoms with Crippen LogP contribution >= 0.6 is 11.6 Å². The molecule has 118 valence electrons. The van der Waals surface area contributed by atoms with Gasteiger partial charge in [0.1, 0.15) is 5.82 Å².